The maximum atomic E-state index is 11.7. The molecule has 0 radical (unpaired) electrons. The van der Waals surface area contributed by atoms with E-state index in [0.717, 1.165) is 24.8 Å². The van der Waals surface area contributed by atoms with Crippen LogP contribution in [0.25, 0.3) is 0 Å². The van der Waals surface area contributed by atoms with Gasteiger partial charge in [-0.1, -0.05) is 62.2 Å². The molecule has 0 amide bonds. The zero-order valence-corrected chi connectivity index (χ0v) is 13.0. The van der Waals surface area contributed by atoms with Crippen molar-refractivity contribution in [1.29, 1.82) is 0 Å². The molecule has 2 rings (SSSR count). The predicted molar refractivity (Wildman–Crippen MR) is 88.2 cm³/mol. The average molecular weight is 312 g/mol. The van der Waals surface area contributed by atoms with E-state index in [-0.39, 0.29) is 17.0 Å². The first-order chi connectivity index (χ1) is 11.1. The molecule has 0 bridgehead atoms. The summed E-state index contributed by atoms with van der Waals surface area (Å²) in [6.45, 7) is 2.08. The van der Waals surface area contributed by atoms with E-state index in [4.69, 9.17) is 0 Å². The molecular formula is C19H20O4. The molecule has 1 unspecified atom stereocenters. The van der Waals surface area contributed by atoms with Gasteiger partial charge in [0.05, 0.1) is 11.1 Å². The topological polar surface area (TPSA) is 74.6 Å². The minimum Gasteiger partial charge on any atom is -0.478 e. The average Bonchev–Trinajstić information content (AvgIpc) is 2.55. The number of benzene rings is 2. The quantitative estimate of drug-likeness (QED) is 0.794. The summed E-state index contributed by atoms with van der Waals surface area (Å²) in [5.74, 6) is -2.54. The van der Waals surface area contributed by atoms with Gasteiger partial charge in [-0.2, -0.15) is 0 Å². The van der Waals surface area contributed by atoms with Crippen molar-refractivity contribution >= 4 is 11.9 Å². The van der Waals surface area contributed by atoms with Crippen LogP contribution in [0.15, 0.2) is 48.5 Å². The number of rotatable bonds is 7. The molecule has 1 atom stereocenters. The van der Waals surface area contributed by atoms with Crippen molar-refractivity contribution in [3.05, 3.63) is 70.8 Å². The number of hydrogen-bond donors (Lipinski definition) is 2. The SMILES string of the molecule is CCCCC(c1ccccc1)c1cccc(C(=O)O)c1C(=O)O. The lowest BCUT2D eigenvalue weighted by Gasteiger charge is -2.20. The molecule has 2 aromatic rings. The van der Waals surface area contributed by atoms with Gasteiger partial charge in [-0.05, 0) is 23.6 Å². The maximum absolute atomic E-state index is 11.7. The van der Waals surface area contributed by atoms with Crippen molar-refractivity contribution in [3.63, 3.8) is 0 Å². The number of carboxylic acids is 2. The second-order valence-electron chi connectivity index (χ2n) is 5.49. The van der Waals surface area contributed by atoms with E-state index in [1.165, 1.54) is 6.07 Å². The minimum atomic E-state index is -1.22. The van der Waals surface area contributed by atoms with Gasteiger partial charge < -0.3 is 10.2 Å². The van der Waals surface area contributed by atoms with E-state index < -0.39 is 11.9 Å². The Hall–Kier alpha value is -2.62. The molecule has 0 fully saturated rings. The Balaban J connectivity index is 2.61. The Morgan fingerprint density at radius 3 is 2.22 bits per heavy atom. The largest absolute Gasteiger partial charge is 0.478 e. The lowest BCUT2D eigenvalue weighted by atomic mass is 9.83. The Labute approximate surface area is 135 Å². The van der Waals surface area contributed by atoms with Gasteiger partial charge in [0.15, 0.2) is 0 Å². The summed E-state index contributed by atoms with van der Waals surface area (Å²) >= 11 is 0. The molecular weight excluding hydrogens is 292 g/mol. The maximum Gasteiger partial charge on any atom is 0.336 e. The fraction of sp³-hybridized carbons (Fsp3) is 0.263. The molecule has 0 heterocycles. The summed E-state index contributed by atoms with van der Waals surface area (Å²) in [7, 11) is 0. The van der Waals surface area contributed by atoms with E-state index >= 15 is 0 Å². The van der Waals surface area contributed by atoms with E-state index in [0.29, 0.717) is 5.56 Å². The first-order valence-corrected chi connectivity index (χ1v) is 7.70. The number of aromatic carboxylic acids is 2. The molecule has 0 aliphatic rings. The molecule has 0 spiro atoms. The molecule has 120 valence electrons. The smallest absolute Gasteiger partial charge is 0.336 e. The summed E-state index contributed by atoms with van der Waals surface area (Å²) in [6, 6.07) is 14.3. The fourth-order valence-electron chi connectivity index (χ4n) is 2.87. The van der Waals surface area contributed by atoms with Crippen LogP contribution >= 0.6 is 0 Å². The third-order valence-corrected chi connectivity index (χ3v) is 3.96. The number of carbonyl (C=O) groups is 2. The molecule has 0 aliphatic carbocycles. The molecule has 2 aromatic carbocycles. The second kappa shape index (κ2) is 7.58. The van der Waals surface area contributed by atoms with Gasteiger partial charge in [0.2, 0.25) is 0 Å². The first-order valence-electron chi connectivity index (χ1n) is 7.70. The van der Waals surface area contributed by atoms with Crippen molar-refractivity contribution in [2.75, 3.05) is 0 Å². The van der Waals surface area contributed by atoms with Crippen molar-refractivity contribution in [1.82, 2.24) is 0 Å². The van der Waals surface area contributed by atoms with Crippen molar-refractivity contribution < 1.29 is 19.8 Å². The van der Waals surface area contributed by atoms with Crippen LogP contribution in [0.5, 0.6) is 0 Å². The summed E-state index contributed by atoms with van der Waals surface area (Å²) in [5.41, 5.74) is 1.31. The van der Waals surface area contributed by atoms with Gasteiger partial charge in [0.1, 0.15) is 0 Å². The van der Waals surface area contributed by atoms with Crippen LogP contribution in [-0.2, 0) is 0 Å². The standard InChI is InChI=1S/C19H20O4/c1-2-3-10-14(13-8-5-4-6-9-13)15-11-7-12-16(18(20)21)17(15)19(22)23/h4-9,11-12,14H,2-3,10H2,1H3,(H,20,21)(H,22,23). The Kier molecular flexibility index (Phi) is 5.52. The lowest BCUT2D eigenvalue weighted by molar-refractivity contribution is 0.0650. The van der Waals surface area contributed by atoms with Crippen molar-refractivity contribution in [3.8, 4) is 0 Å². The van der Waals surface area contributed by atoms with E-state index in [2.05, 4.69) is 6.92 Å². The van der Waals surface area contributed by atoms with Crippen LogP contribution in [0, 0.1) is 0 Å². The van der Waals surface area contributed by atoms with Crippen LogP contribution in [-0.4, -0.2) is 22.2 Å². The molecule has 0 aliphatic heterocycles. The second-order valence-corrected chi connectivity index (χ2v) is 5.49. The molecule has 23 heavy (non-hydrogen) atoms. The Bertz CT molecular complexity index is 692. The molecule has 0 saturated heterocycles. The van der Waals surface area contributed by atoms with Crippen LogP contribution < -0.4 is 0 Å². The minimum absolute atomic E-state index is 0.107. The van der Waals surface area contributed by atoms with Gasteiger partial charge in [-0.25, -0.2) is 9.59 Å². The zero-order chi connectivity index (χ0) is 16.8. The van der Waals surface area contributed by atoms with E-state index in [9.17, 15) is 19.8 Å². The predicted octanol–water partition coefficient (Wildman–Crippen LogP) is 4.41. The Morgan fingerprint density at radius 1 is 0.957 bits per heavy atom. The van der Waals surface area contributed by atoms with Gasteiger partial charge in [0, 0.05) is 5.92 Å². The van der Waals surface area contributed by atoms with Crippen LogP contribution in [0.2, 0.25) is 0 Å². The summed E-state index contributed by atoms with van der Waals surface area (Å²) in [5, 5.41) is 18.9. The summed E-state index contributed by atoms with van der Waals surface area (Å²) in [6.07, 6.45) is 2.71. The molecule has 4 heteroatoms. The Morgan fingerprint density at radius 2 is 1.65 bits per heavy atom. The summed E-state index contributed by atoms with van der Waals surface area (Å²) in [4.78, 5) is 23.1. The molecule has 0 saturated carbocycles. The highest BCUT2D eigenvalue weighted by atomic mass is 16.4. The third-order valence-electron chi connectivity index (χ3n) is 3.96. The van der Waals surface area contributed by atoms with Gasteiger partial charge in [0.25, 0.3) is 0 Å². The highest BCUT2D eigenvalue weighted by Crippen LogP contribution is 2.33. The highest BCUT2D eigenvalue weighted by Gasteiger charge is 2.25. The number of carboxylic acid groups (broad SMARTS) is 2. The molecule has 4 nitrogen and oxygen atoms in total. The zero-order valence-electron chi connectivity index (χ0n) is 13.0. The van der Waals surface area contributed by atoms with Crippen LogP contribution in [0.3, 0.4) is 0 Å². The van der Waals surface area contributed by atoms with Gasteiger partial charge >= 0.3 is 11.9 Å². The van der Waals surface area contributed by atoms with Crippen LogP contribution in [0.4, 0.5) is 0 Å². The van der Waals surface area contributed by atoms with Crippen LogP contribution in [0.1, 0.15) is 63.9 Å². The van der Waals surface area contributed by atoms with E-state index in [1.54, 1.807) is 12.1 Å². The van der Waals surface area contributed by atoms with Crippen molar-refractivity contribution in [2.24, 2.45) is 0 Å². The normalized spacial score (nSPS) is 11.9. The first kappa shape index (κ1) is 16.7. The number of hydrogen-bond acceptors (Lipinski definition) is 2. The van der Waals surface area contributed by atoms with Gasteiger partial charge in [-0.3, -0.25) is 0 Å². The molecule has 0 aromatic heterocycles. The van der Waals surface area contributed by atoms with Crippen molar-refractivity contribution in [2.45, 2.75) is 32.1 Å². The monoisotopic (exact) mass is 312 g/mol. The third kappa shape index (κ3) is 3.77. The summed E-state index contributed by atoms with van der Waals surface area (Å²) < 4.78 is 0. The number of unbranched alkanes of at least 4 members (excludes halogenated alkanes) is 1. The molecule has 2 N–H and O–H groups in total. The van der Waals surface area contributed by atoms with E-state index in [1.807, 2.05) is 30.3 Å². The van der Waals surface area contributed by atoms with Gasteiger partial charge in [-0.15, -0.1) is 0 Å². The lowest BCUT2D eigenvalue weighted by Crippen LogP contribution is -2.14. The fourth-order valence-corrected chi connectivity index (χ4v) is 2.87. The highest BCUT2D eigenvalue weighted by molar-refractivity contribution is 6.03.